The lowest BCUT2D eigenvalue weighted by molar-refractivity contribution is 0.832. The maximum absolute atomic E-state index is 5.61. The summed E-state index contributed by atoms with van der Waals surface area (Å²) in [5, 5.41) is 7.35. The van der Waals surface area contributed by atoms with Gasteiger partial charge in [-0.15, -0.1) is 0 Å². The van der Waals surface area contributed by atoms with Crippen LogP contribution in [0.3, 0.4) is 0 Å². The Balaban J connectivity index is 1.49. The Hall–Kier alpha value is -3.74. The van der Waals surface area contributed by atoms with Gasteiger partial charge in [0, 0.05) is 48.4 Å². The smallest absolute Gasteiger partial charge is 0.152 e. The molecule has 0 saturated heterocycles. The third-order valence-corrected chi connectivity index (χ3v) is 4.55. The van der Waals surface area contributed by atoms with Crippen LogP contribution in [0.25, 0.3) is 5.57 Å². The minimum absolute atomic E-state index is 0.257. The molecule has 0 spiro atoms. The van der Waals surface area contributed by atoms with Gasteiger partial charge in [0.2, 0.25) is 0 Å². The van der Waals surface area contributed by atoms with Crippen LogP contribution in [-0.2, 0) is 0 Å². The molecule has 0 radical (unpaired) electrons. The fourth-order valence-corrected chi connectivity index (χ4v) is 2.93. The highest BCUT2D eigenvalue weighted by Gasteiger charge is 2.12. The molecule has 2 aromatic rings. The van der Waals surface area contributed by atoms with E-state index in [1.807, 2.05) is 43.7 Å². The van der Waals surface area contributed by atoms with Crippen molar-refractivity contribution in [2.45, 2.75) is 19.3 Å². The van der Waals surface area contributed by atoms with Gasteiger partial charge in [-0.25, -0.2) is 4.99 Å². The summed E-state index contributed by atoms with van der Waals surface area (Å²) in [5.74, 6) is 6.61. The third-order valence-electron chi connectivity index (χ3n) is 4.55. The Bertz CT molecular complexity index is 1020. The van der Waals surface area contributed by atoms with Crippen LogP contribution in [0.5, 0.6) is 0 Å². The molecule has 2 aliphatic heterocycles. The molecule has 0 saturated carbocycles. The highest BCUT2D eigenvalue weighted by atomic mass is 15.5. The van der Waals surface area contributed by atoms with Crippen molar-refractivity contribution in [2.24, 2.45) is 15.0 Å². The Kier molecular flexibility index (Phi) is 4.97. The predicted molar refractivity (Wildman–Crippen MR) is 115 cm³/mol. The van der Waals surface area contributed by atoms with Crippen LogP contribution in [-0.4, -0.2) is 27.7 Å². The van der Waals surface area contributed by atoms with E-state index in [4.69, 9.17) is 5.84 Å². The number of nitrogens with one attached hydrogen (secondary N) is 1. The summed E-state index contributed by atoms with van der Waals surface area (Å²) in [7, 11) is 0. The first kappa shape index (κ1) is 17.7. The summed E-state index contributed by atoms with van der Waals surface area (Å²) in [6, 6.07) is 8.29. The SMILES string of the molecule is C/C(=C\N=C1CC=CN=C1Nc1ccc(C2C=CN=C2)cc1)c1cnn(N)c1. The van der Waals surface area contributed by atoms with Crippen molar-refractivity contribution in [1.29, 1.82) is 0 Å². The summed E-state index contributed by atoms with van der Waals surface area (Å²) < 4.78 is 0. The van der Waals surface area contributed by atoms with Crippen molar-refractivity contribution in [2.75, 3.05) is 11.2 Å². The van der Waals surface area contributed by atoms with Gasteiger partial charge in [0.15, 0.2) is 5.84 Å². The first-order valence-corrected chi connectivity index (χ1v) is 9.03. The van der Waals surface area contributed by atoms with E-state index in [1.165, 1.54) is 10.4 Å². The van der Waals surface area contributed by atoms with Gasteiger partial charge in [0.05, 0.1) is 18.1 Å². The van der Waals surface area contributed by atoms with Crippen molar-refractivity contribution < 1.29 is 0 Å². The molecular formula is C21H21N7. The summed E-state index contributed by atoms with van der Waals surface area (Å²) >= 11 is 0. The minimum atomic E-state index is 0.257. The normalized spacial score (nSPS) is 20.0. The second kappa shape index (κ2) is 7.87. The molecule has 3 N–H and O–H groups in total. The van der Waals surface area contributed by atoms with Gasteiger partial charge in [0.1, 0.15) is 0 Å². The molecule has 1 unspecified atom stereocenters. The molecular weight excluding hydrogens is 350 g/mol. The molecule has 1 atom stereocenters. The zero-order valence-corrected chi connectivity index (χ0v) is 15.5. The van der Waals surface area contributed by atoms with Gasteiger partial charge in [-0.1, -0.05) is 24.3 Å². The molecule has 0 fully saturated rings. The summed E-state index contributed by atoms with van der Waals surface area (Å²) in [6.45, 7) is 1.98. The van der Waals surface area contributed by atoms with Crippen LogP contribution >= 0.6 is 0 Å². The van der Waals surface area contributed by atoms with Crippen LogP contribution in [0.2, 0.25) is 0 Å². The Morgan fingerprint density at radius 3 is 2.86 bits per heavy atom. The largest absolute Gasteiger partial charge is 0.339 e. The van der Waals surface area contributed by atoms with Crippen LogP contribution in [0.4, 0.5) is 5.69 Å². The molecule has 28 heavy (non-hydrogen) atoms. The molecule has 7 nitrogen and oxygen atoms in total. The van der Waals surface area contributed by atoms with E-state index < -0.39 is 0 Å². The van der Waals surface area contributed by atoms with Gasteiger partial charge < -0.3 is 11.2 Å². The van der Waals surface area contributed by atoms with Crippen molar-refractivity contribution in [1.82, 2.24) is 9.89 Å². The van der Waals surface area contributed by atoms with Gasteiger partial charge in [-0.05, 0) is 30.2 Å². The number of hydrogen-bond donors (Lipinski definition) is 2. The summed E-state index contributed by atoms with van der Waals surface area (Å²) in [5.41, 5.74) is 4.96. The number of hydrogen-bond acceptors (Lipinski definition) is 6. The van der Waals surface area contributed by atoms with E-state index in [2.05, 4.69) is 43.6 Å². The molecule has 1 aromatic heterocycles. The second-order valence-corrected chi connectivity index (χ2v) is 6.58. The van der Waals surface area contributed by atoms with Crippen molar-refractivity contribution >= 4 is 29.0 Å². The standard InChI is InChI=1S/C21H21N7/c1-15(18-13-26-28(22)14-18)11-25-20-3-2-9-24-21(20)27-19-6-4-16(5-7-19)17-8-10-23-12-17/h2,4-14,17H,3,22H2,1H3,(H,24,27)/b15-11+,25-20?. The monoisotopic (exact) mass is 371 g/mol. The summed E-state index contributed by atoms with van der Waals surface area (Å²) in [6.07, 6.45) is 15.6. The van der Waals surface area contributed by atoms with E-state index in [-0.39, 0.29) is 5.92 Å². The average molecular weight is 371 g/mol. The Morgan fingerprint density at radius 1 is 1.29 bits per heavy atom. The van der Waals surface area contributed by atoms with Crippen molar-refractivity contribution in [3.63, 3.8) is 0 Å². The number of benzene rings is 1. The lowest BCUT2D eigenvalue weighted by Crippen LogP contribution is -2.24. The van der Waals surface area contributed by atoms with Crippen LogP contribution in [0, 0.1) is 0 Å². The first-order valence-electron chi connectivity index (χ1n) is 9.03. The number of allylic oxidation sites excluding steroid dienone is 3. The van der Waals surface area contributed by atoms with E-state index in [9.17, 15) is 0 Å². The molecule has 0 amide bonds. The number of rotatable bonds is 4. The topological polar surface area (TPSA) is 93.0 Å². The number of aromatic nitrogens is 2. The average Bonchev–Trinajstić information content (AvgIpc) is 3.40. The number of amidine groups is 1. The van der Waals surface area contributed by atoms with Gasteiger partial charge in [-0.2, -0.15) is 9.89 Å². The Labute approximate surface area is 163 Å². The van der Waals surface area contributed by atoms with Crippen LogP contribution in [0.15, 0.2) is 82.4 Å². The molecule has 3 heterocycles. The quantitative estimate of drug-likeness (QED) is 0.806. The predicted octanol–water partition coefficient (Wildman–Crippen LogP) is 3.51. The van der Waals surface area contributed by atoms with Gasteiger partial charge in [-0.3, -0.25) is 9.98 Å². The lowest BCUT2D eigenvalue weighted by atomic mass is 10.0. The highest BCUT2D eigenvalue weighted by Crippen LogP contribution is 2.21. The maximum atomic E-state index is 5.61. The highest BCUT2D eigenvalue weighted by molar-refractivity contribution is 6.46. The van der Waals surface area contributed by atoms with Crippen molar-refractivity contribution in [3.8, 4) is 0 Å². The third kappa shape index (κ3) is 3.98. The number of nitrogens with two attached hydrogens (primary N) is 1. The minimum Gasteiger partial charge on any atom is -0.339 e. The fraction of sp³-hybridized carbons (Fsp3) is 0.143. The number of nitrogen functional groups attached to an aromatic ring is 1. The molecule has 0 bridgehead atoms. The van der Waals surface area contributed by atoms with E-state index in [0.29, 0.717) is 6.42 Å². The van der Waals surface area contributed by atoms with Crippen LogP contribution < -0.4 is 11.2 Å². The van der Waals surface area contributed by atoms with Gasteiger partial charge in [0.25, 0.3) is 0 Å². The Morgan fingerprint density at radius 2 is 2.14 bits per heavy atom. The first-order chi connectivity index (χ1) is 13.7. The molecule has 0 aliphatic carbocycles. The fourth-order valence-electron chi connectivity index (χ4n) is 2.93. The van der Waals surface area contributed by atoms with Crippen LogP contribution in [0.1, 0.15) is 30.4 Å². The zero-order chi connectivity index (χ0) is 19.3. The molecule has 1 aromatic carbocycles. The zero-order valence-electron chi connectivity index (χ0n) is 15.5. The summed E-state index contributed by atoms with van der Waals surface area (Å²) in [4.78, 5) is 14.5. The molecule has 2 aliphatic rings. The number of anilines is 1. The van der Waals surface area contributed by atoms with E-state index >= 15 is 0 Å². The molecule has 140 valence electrons. The lowest BCUT2D eigenvalue weighted by Gasteiger charge is -2.14. The van der Waals surface area contributed by atoms with Gasteiger partial charge >= 0.3 is 0 Å². The second-order valence-electron chi connectivity index (χ2n) is 6.58. The number of aliphatic imine (C=N–C) groups is 3. The van der Waals surface area contributed by atoms with E-state index in [1.54, 1.807) is 18.6 Å². The number of nitrogens with zero attached hydrogens (tertiary/aromatic N) is 5. The maximum Gasteiger partial charge on any atom is 0.152 e. The van der Waals surface area contributed by atoms with E-state index in [0.717, 1.165) is 28.4 Å². The molecule has 4 rings (SSSR count). The molecule has 7 heteroatoms. The van der Waals surface area contributed by atoms with Crippen molar-refractivity contribution in [3.05, 3.63) is 78.5 Å².